The Kier molecular flexibility index (Phi) is 5.61. The van der Waals surface area contributed by atoms with Crippen LogP contribution >= 0.6 is 0 Å². The third-order valence-corrected chi connectivity index (χ3v) is 4.80. The molecule has 1 aliphatic heterocycles. The minimum absolute atomic E-state index is 0.0111. The normalized spacial score (nSPS) is 14.6. The Morgan fingerprint density at radius 2 is 1.81 bits per heavy atom. The van der Waals surface area contributed by atoms with Gasteiger partial charge in [-0.25, -0.2) is 4.99 Å². The summed E-state index contributed by atoms with van der Waals surface area (Å²) < 4.78 is 11.2. The van der Waals surface area contributed by atoms with E-state index in [2.05, 4.69) is 10.3 Å². The fraction of sp³-hybridized carbons (Fsp3) is 0.130. The van der Waals surface area contributed by atoms with E-state index in [-0.39, 0.29) is 18.0 Å². The van der Waals surface area contributed by atoms with Gasteiger partial charge in [0.25, 0.3) is 5.69 Å². The van der Waals surface area contributed by atoms with E-state index >= 15 is 0 Å². The molecule has 1 N–H and O–H groups in total. The number of rotatable bonds is 6. The number of methoxy groups -OCH3 is 1. The van der Waals surface area contributed by atoms with Gasteiger partial charge < -0.3 is 14.8 Å². The van der Waals surface area contributed by atoms with Crippen LogP contribution in [0.25, 0.3) is 5.76 Å². The molecule has 0 aliphatic carbocycles. The summed E-state index contributed by atoms with van der Waals surface area (Å²) in [7, 11) is 1.58. The van der Waals surface area contributed by atoms with Crippen molar-refractivity contribution >= 4 is 23.0 Å². The topological polar surface area (TPSA) is 103 Å². The molecule has 3 aromatic carbocycles. The molecule has 31 heavy (non-hydrogen) atoms. The van der Waals surface area contributed by atoms with Gasteiger partial charge in [-0.05, 0) is 48.5 Å². The first-order chi connectivity index (χ1) is 15.0. The fourth-order valence-corrected chi connectivity index (χ4v) is 3.24. The number of amides is 1. The van der Waals surface area contributed by atoms with Crippen LogP contribution in [0.1, 0.15) is 18.2 Å². The van der Waals surface area contributed by atoms with Crippen molar-refractivity contribution in [2.75, 3.05) is 12.4 Å². The molecular weight excluding hydrogens is 398 g/mol. The average Bonchev–Trinajstić information content (AvgIpc) is 2.79. The molecule has 0 saturated heterocycles. The lowest BCUT2D eigenvalue weighted by molar-refractivity contribution is -0.384. The molecule has 3 aromatic rings. The van der Waals surface area contributed by atoms with Crippen LogP contribution < -0.4 is 20.6 Å². The summed E-state index contributed by atoms with van der Waals surface area (Å²) in [4.78, 5) is 27.7. The van der Waals surface area contributed by atoms with Crippen LogP contribution in [0.2, 0.25) is 0 Å². The van der Waals surface area contributed by atoms with E-state index in [1.54, 1.807) is 43.5 Å². The number of nitro groups is 1. The van der Waals surface area contributed by atoms with E-state index in [4.69, 9.17) is 9.47 Å². The van der Waals surface area contributed by atoms with Gasteiger partial charge in [-0.15, -0.1) is 0 Å². The van der Waals surface area contributed by atoms with Gasteiger partial charge in [-0.2, -0.15) is 0 Å². The first kappa shape index (κ1) is 20.1. The van der Waals surface area contributed by atoms with Crippen molar-refractivity contribution in [1.82, 2.24) is 0 Å². The zero-order valence-electron chi connectivity index (χ0n) is 16.6. The van der Waals surface area contributed by atoms with Crippen molar-refractivity contribution in [3.63, 3.8) is 0 Å². The van der Waals surface area contributed by atoms with Gasteiger partial charge in [0.1, 0.15) is 11.5 Å². The molecule has 0 radical (unpaired) electrons. The smallest absolute Gasteiger partial charge is 0.269 e. The number of benzene rings is 3. The van der Waals surface area contributed by atoms with Crippen molar-refractivity contribution in [1.29, 1.82) is 0 Å². The summed E-state index contributed by atoms with van der Waals surface area (Å²) in [5.74, 6) is 0.948. The zero-order valence-corrected chi connectivity index (χ0v) is 16.6. The molecular formula is C23H19N3O5. The third kappa shape index (κ3) is 4.53. The van der Waals surface area contributed by atoms with Crippen LogP contribution in [-0.2, 0) is 9.53 Å². The first-order valence-corrected chi connectivity index (χ1v) is 9.54. The lowest BCUT2D eigenvalue weighted by atomic mass is 10.1. The molecule has 0 aromatic heterocycles. The largest absolute Gasteiger partial charge is 0.497 e. The predicted octanol–water partition coefficient (Wildman–Crippen LogP) is 3.09. The molecule has 0 bridgehead atoms. The van der Waals surface area contributed by atoms with Gasteiger partial charge >= 0.3 is 0 Å². The quantitative estimate of drug-likeness (QED) is 0.490. The Bertz CT molecular complexity index is 1240. The molecule has 1 unspecified atom stereocenters. The molecule has 8 nitrogen and oxygen atoms in total. The minimum Gasteiger partial charge on any atom is -0.497 e. The maximum Gasteiger partial charge on any atom is 0.269 e. The number of nitrogens with zero attached hydrogens (tertiary/aromatic N) is 2. The van der Waals surface area contributed by atoms with E-state index in [0.717, 1.165) is 5.22 Å². The molecule has 1 aliphatic rings. The average molecular weight is 417 g/mol. The second-order valence-electron chi connectivity index (χ2n) is 6.84. The van der Waals surface area contributed by atoms with Crippen molar-refractivity contribution in [3.8, 4) is 5.75 Å². The van der Waals surface area contributed by atoms with Gasteiger partial charge in [0.15, 0.2) is 0 Å². The molecule has 8 heteroatoms. The van der Waals surface area contributed by atoms with E-state index in [0.29, 0.717) is 28.1 Å². The zero-order chi connectivity index (χ0) is 21.8. The second-order valence-corrected chi connectivity index (χ2v) is 6.84. The van der Waals surface area contributed by atoms with Crippen LogP contribution in [0.4, 0.5) is 11.4 Å². The van der Waals surface area contributed by atoms with Crippen molar-refractivity contribution in [2.24, 2.45) is 4.99 Å². The highest BCUT2D eigenvalue weighted by Gasteiger charge is 2.21. The van der Waals surface area contributed by atoms with E-state index in [1.807, 2.05) is 24.3 Å². The Balaban J connectivity index is 1.58. The minimum atomic E-state index is -0.695. The number of ether oxygens (including phenoxy) is 2. The number of hydrogen-bond acceptors (Lipinski definition) is 6. The molecule has 0 fully saturated rings. The Morgan fingerprint density at radius 1 is 1.10 bits per heavy atom. The number of fused-ring (bicyclic) bond motifs is 1. The van der Waals surface area contributed by atoms with Crippen molar-refractivity contribution < 1.29 is 19.2 Å². The Morgan fingerprint density at radius 3 is 2.48 bits per heavy atom. The van der Waals surface area contributed by atoms with Gasteiger partial charge in [0.05, 0.1) is 23.8 Å². The van der Waals surface area contributed by atoms with E-state index in [1.165, 1.54) is 12.1 Å². The SMILES string of the molecule is COc1ccc(NC(=O)CC2=c3ccccc3=NC(c3ccc([N+](=O)[O-])cc3)O2)cc1. The number of non-ortho nitro benzene ring substituents is 1. The van der Waals surface area contributed by atoms with Crippen molar-refractivity contribution in [3.05, 3.63) is 99.1 Å². The number of anilines is 1. The van der Waals surface area contributed by atoms with Gasteiger partial charge in [-0.3, -0.25) is 14.9 Å². The monoisotopic (exact) mass is 417 g/mol. The van der Waals surface area contributed by atoms with Crippen molar-refractivity contribution in [2.45, 2.75) is 12.6 Å². The summed E-state index contributed by atoms with van der Waals surface area (Å²) in [5, 5.41) is 15.2. The summed E-state index contributed by atoms with van der Waals surface area (Å²) >= 11 is 0. The van der Waals surface area contributed by atoms with Crippen LogP contribution in [0.3, 0.4) is 0 Å². The fourth-order valence-electron chi connectivity index (χ4n) is 3.24. The lowest BCUT2D eigenvalue weighted by Gasteiger charge is -2.21. The number of carbonyl (C=O) groups is 1. The molecule has 0 spiro atoms. The summed E-state index contributed by atoms with van der Waals surface area (Å²) in [6.07, 6.45) is -0.679. The Labute approximate surface area is 177 Å². The number of nitrogens with one attached hydrogen (secondary N) is 1. The number of nitro benzene ring substituents is 1. The van der Waals surface area contributed by atoms with Crippen LogP contribution in [-0.4, -0.2) is 17.9 Å². The van der Waals surface area contributed by atoms with E-state index in [9.17, 15) is 14.9 Å². The predicted molar refractivity (Wildman–Crippen MR) is 114 cm³/mol. The molecule has 1 amide bonds. The number of para-hydroxylation sites is 1. The maximum atomic E-state index is 12.7. The highest BCUT2D eigenvalue weighted by atomic mass is 16.6. The van der Waals surface area contributed by atoms with Crippen LogP contribution in [0.15, 0.2) is 77.8 Å². The first-order valence-electron chi connectivity index (χ1n) is 9.54. The molecule has 1 heterocycles. The van der Waals surface area contributed by atoms with Gasteiger partial charge in [0.2, 0.25) is 12.1 Å². The number of hydrogen-bond donors (Lipinski definition) is 1. The standard InChI is InChI=1S/C23H19N3O5/c1-30-18-12-8-16(9-13-18)24-22(27)14-21-19-4-2-3-5-20(19)25-23(31-21)15-6-10-17(11-7-15)26(28)29/h2-13,23H,14H2,1H3,(H,24,27). The van der Waals surface area contributed by atoms with Gasteiger partial charge in [-0.1, -0.05) is 12.1 Å². The summed E-state index contributed by atoms with van der Waals surface area (Å²) in [5.41, 5.74) is 1.29. The van der Waals surface area contributed by atoms with Crippen LogP contribution in [0.5, 0.6) is 5.75 Å². The number of carbonyl (C=O) groups excluding carboxylic acids is 1. The van der Waals surface area contributed by atoms with E-state index < -0.39 is 11.2 Å². The molecule has 156 valence electrons. The lowest BCUT2D eigenvalue weighted by Crippen LogP contribution is -2.34. The second kappa shape index (κ2) is 8.66. The summed E-state index contributed by atoms with van der Waals surface area (Å²) in [6.45, 7) is 0. The summed E-state index contributed by atoms with van der Waals surface area (Å²) in [6, 6.07) is 20.5. The Hall–Kier alpha value is -4.20. The third-order valence-electron chi connectivity index (χ3n) is 4.80. The molecule has 4 rings (SSSR count). The highest BCUT2D eigenvalue weighted by Crippen LogP contribution is 2.26. The highest BCUT2D eigenvalue weighted by molar-refractivity contribution is 5.95. The molecule has 1 atom stereocenters. The van der Waals surface area contributed by atoms with Gasteiger partial charge in [0, 0.05) is 28.6 Å². The van der Waals surface area contributed by atoms with Crippen LogP contribution in [0, 0.1) is 10.1 Å². The maximum absolute atomic E-state index is 12.7. The molecule has 0 saturated carbocycles.